The number of halogens is 1. The van der Waals surface area contributed by atoms with Crippen LogP contribution < -0.4 is 21.1 Å². The third-order valence-corrected chi connectivity index (χ3v) is 5.59. The second-order valence-corrected chi connectivity index (χ2v) is 8.07. The van der Waals surface area contributed by atoms with Crippen LogP contribution in [0.4, 0.5) is 20.8 Å². The molecule has 2 amide bonds. The van der Waals surface area contributed by atoms with Crippen molar-refractivity contribution in [3.63, 3.8) is 0 Å². The lowest BCUT2D eigenvalue weighted by molar-refractivity contribution is 0.0729. The van der Waals surface area contributed by atoms with Gasteiger partial charge in [0.2, 0.25) is 0 Å². The average Bonchev–Trinajstić information content (AvgIpc) is 3.62. The number of urea groups is 1. The van der Waals surface area contributed by atoms with Crippen molar-refractivity contribution in [3.05, 3.63) is 76.9 Å². The smallest absolute Gasteiger partial charge is 0.345 e. The predicted octanol–water partition coefficient (Wildman–Crippen LogP) is 3.56. The van der Waals surface area contributed by atoms with Gasteiger partial charge in [-0.1, -0.05) is 6.92 Å². The first-order valence-electron chi connectivity index (χ1n) is 11.0. The monoisotopic (exact) mass is 488 g/mol. The summed E-state index contributed by atoms with van der Waals surface area (Å²) < 4.78 is 20.6. The molecule has 3 aromatic rings. The Bertz CT molecular complexity index is 1370. The number of rotatable bonds is 7. The molecule has 2 aromatic heterocycles. The Labute approximate surface area is 205 Å². The third-order valence-electron chi connectivity index (χ3n) is 5.59. The summed E-state index contributed by atoms with van der Waals surface area (Å²) in [5.41, 5.74) is 6.09. The van der Waals surface area contributed by atoms with Gasteiger partial charge in [-0.25, -0.2) is 23.9 Å². The van der Waals surface area contributed by atoms with Gasteiger partial charge in [0, 0.05) is 36.3 Å². The summed E-state index contributed by atoms with van der Waals surface area (Å²) in [5, 5.41) is 14.1. The van der Waals surface area contributed by atoms with E-state index in [9.17, 15) is 14.4 Å². The molecule has 2 heterocycles. The highest BCUT2D eigenvalue weighted by Gasteiger charge is 2.44. The van der Waals surface area contributed by atoms with E-state index in [0.29, 0.717) is 12.0 Å². The van der Waals surface area contributed by atoms with Crippen molar-refractivity contribution in [1.29, 1.82) is 5.26 Å². The van der Waals surface area contributed by atoms with Gasteiger partial charge in [-0.05, 0) is 42.8 Å². The van der Waals surface area contributed by atoms with E-state index in [1.807, 2.05) is 6.07 Å². The SMILES string of the molecule is CCC(=O)c1ccc(F)c([C@@H]2CC2NC(=O)Nc2ccc(C#N)cn2)c1OC(=O)c1ccc(N)nc1. The van der Waals surface area contributed by atoms with Crippen molar-refractivity contribution in [2.45, 2.75) is 31.7 Å². The minimum atomic E-state index is -0.825. The Balaban J connectivity index is 1.55. The number of Topliss-reactive ketones (excluding diaryl/α,β-unsaturated/α-hetero) is 1. The van der Waals surface area contributed by atoms with E-state index in [0.717, 1.165) is 6.07 Å². The molecule has 2 atom stereocenters. The molecule has 0 aliphatic heterocycles. The molecule has 1 aliphatic carbocycles. The molecule has 0 bridgehead atoms. The number of amides is 2. The predicted molar refractivity (Wildman–Crippen MR) is 127 cm³/mol. The number of hydrogen-bond donors (Lipinski definition) is 3. The number of nitriles is 1. The molecule has 36 heavy (non-hydrogen) atoms. The Morgan fingerprint density at radius 2 is 1.97 bits per heavy atom. The van der Waals surface area contributed by atoms with E-state index in [4.69, 9.17) is 15.7 Å². The van der Waals surface area contributed by atoms with Gasteiger partial charge in [0.15, 0.2) is 5.78 Å². The summed E-state index contributed by atoms with van der Waals surface area (Å²) in [4.78, 5) is 45.5. The third kappa shape index (κ3) is 5.28. The maximum atomic E-state index is 15.0. The largest absolute Gasteiger partial charge is 0.422 e. The zero-order chi connectivity index (χ0) is 25.8. The van der Waals surface area contributed by atoms with Gasteiger partial charge in [0.25, 0.3) is 0 Å². The van der Waals surface area contributed by atoms with Crippen LogP contribution in [0.3, 0.4) is 0 Å². The van der Waals surface area contributed by atoms with Gasteiger partial charge in [0.1, 0.15) is 29.3 Å². The van der Waals surface area contributed by atoms with E-state index in [-0.39, 0.29) is 46.3 Å². The van der Waals surface area contributed by atoms with Gasteiger partial charge < -0.3 is 15.8 Å². The average molecular weight is 488 g/mol. The van der Waals surface area contributed by atoms with Crippen LogP contribution in [-0.4, -0.2) is 33.8 Å². The fourth-order valence-corrected chi connectivity index (χ4v) is 3.65. The zero-order valence-corrected chi connectivity index (χ0v) is 19.1. The maximum Gasteiger partial charge on any atom is 0.345 e. The Morgan fingerprint density at radius 3 is 2.61 bits per heavy atom. The second-order valence-electron chi connectivity index (χ2n) is 8.07. The highest BCUT2D eigenvalue weighted by Crippen LogP contribution is 2.47. The van der Waals surface area contributed by atoms with Crippen LogP contribution in [0.5, 0.6) is 5.75 Å². The first-order chi connectivity index (χ1) is 17.3. The lowest BCUT2D eigenvalue weighted by atomic mass is 10.00. The highest BCUT2D eigenvalue weighted by molar-refractivity contribution is 6.01. The molecule has 10 nitrogen and oxygen atoms in total. The fraction of sp³-hybridized carbons (Fsp3) is 0.200. The van der Waals surface area contributed by atoms with Crippen LogP contribution in [0.15, 0.2) is 48.8 Å². The number of carbonyl (C=O) groups excluding carboxylic acids is 3. The molecule has 1 fully saturated rings. The lowest BCUT2D eigenvalue weighted by Crippen LogP contribution is -2.31. The van der Waals surface area contributed by atoms with Gasteiger partial charge in [0.05, 0.1) is 16.7 Å². The number of ether oxygens (including phenoxy) is 1. The molecular weight excluding hydrogens is 467 g/mol. The number of nitrogens with two attached hydrogens (primary N) is 1. The van der Waals surface area contributed by atoms with E-state index in [2.05, 4.69) is 20.6 Å². The van der Waals surface area contributed by atoms with Crippen molar-refractivity contribution in [2.24, 2.45) is 0 Å². The molecule has 1 unspecified atom stereocenters. The Hall–Kier alpha value is -4.85. The van der Waals surface area contributed by atoms with E-state index in [1.165, 1.54) is 42.7 Å². The van der Waals surface area contributed by atoms with Crippen molar-refractivity contribution < 1.29 is 23.5 Å². The van der Waals surface area contributed by atoms with Gasteiger partial charge in [-0.3, -0.25) is 10.1 Å². The van der Waals surface area contributed by atoms with Crippen molar-refractivity contribution in [3.8, 4) is 11.8 Å². The second kappa shape index (κ2) is 10.2. The summed E-state index contributed by atoms with van der Waals surface area (Å²) in [6, 6.07) is 9.13. The van der Waals surface area contributed by atoms with E-state index < -0.39 is 29.8 Å². The van der Waals surface area contributed by atoms with Crippen LogP contribution in [0.1, 0.15) is 57.5 Å². The number of ketones is 1. The topological polar surface area (TPSA) is 160 Å². The minimum absolute atomic E-state index is 0.0350. The number of benzene rings is 1. The molecule has 11 heteroatoms. The number of nitrogens with one attached hydrogen (secondary N) is 2. The first-order valence-corrected chi connectivity index (χ1v) is 11.0. The van der Waals surface area contributed by atoms with E-state index in [1.54, 1.807) is 6.92 Å². The van der Waals surface area contributed by atoms with Crippen molar-refractivity contribution >= 4 is 29.4 Å². The van der Waals surface area contributed by atoms with Crippen LogP contribution in [0.25, 0.3) is 0 Å². The van der Waals surface area contributed by atoms with E-state index >= 15 is 4.39 Å². The van der Waals surface area contributed by atoms with Crippen LogP contribution in [0, 0.1) is 17.1 Å². The molecule has 0 radical (unpaired) electrons. The number of carbonyl (C=O) groups is 3. The fourth-order valence-electron chi connectivity index (χ4n) is 3.65. The molecule has 0 saturated heterocycles. The molecule has 0 spiro atoms. The Morgan fingerprint density at radius 1 is 1.17 bits per heavy atom. The van der Waals surface area contributed by atoms with Gasteiger partial charge >= 0.3 is 12.0 Å². The number of anilines is 2. The van der Waals surface area contributed by atoms with Crippen LogP contribution in [0.2, 0.25) is 0 Å². The maximum absolute atomic E-state index is 15.0. The summed E-state index contributed by atoms with van der Waals surface area (Å²) in [7, 11) is 0. The molecule has 1 aliphatic rings. The molecule has 4 rings (SSSR count). The summed E-state index contributed by atoms with van der Waals surface area (Å²) in [6.07, 6.45) is 3.02. The molecule has 4 N–H and O–H groups in total. The number of esters is 1. The van der Waals surface area contributed by atoms with Crippen LogP contribution in [-0.2, 0) is 0 Å². The molecule has 182 valence electrons. The number of hydrogen-bond acceptors (Lipinski definition) is 8. The lowest BCUT2D eigenvalue weighted by Gasteiger charge is -2.15. The van der Waals surface area contributed by atoms with Crippen LogP contribution >= 0.6 is 0 Å². The van der Waals surface area contributed by atoms with Crippen molar-refractivity contribution in [2.75, 3.05) is 11.1 Å². The first kappa shape index (κ1) is 24.3. The number of nitrogens with zero attached hydrogens (tertiary/aromatic N) is 3. The zero-order valence-electron chi connectivity index (χ0n) is 19.1. The summed E-state index contributed by atoms with van der Waals surface area (Å²) in [6.45, 7) is 1.64. The minimum Gasteiger partial charge on any atom is -0.422 e. The summed E-state index contributed by atoms with van der Waals surface area (Å²) >= 11 is 0. The molecule has 1 aromatic carbocycles. The van der Waals surface area contributed by atoms with Crippen molar-refractivity contribution in [1.82, 2.24) is 15.3 Å². The Kier molecular flexibility index (Phi) is 6.87. The molecular formula is C25H21FN6O4. The molecule has 1 saturated carbocycles. The number of pyridine rings is 2. The quantitative estimate of drug-likeness (QED) is 0.258. The van der Waals surface area contributed by atoms with Gasteiger partial charge in [-0.2, -0.15) is 5.26 Å². The standard InChI is InChI=1S/C25H21FN6O4/c1-2-19(33)15-5-6-17(26)22(23(15)36-24(34)14-4-7-20(28)29-12-14)16-9-18(16)31-25(35)32-21-8-3-13(10-27)11-30-21/h3-8,11-12,16,18H,2,9H2,1H3,(H2,28,29)(H2,30,31,32,35)/t16-,18?/m1/s1. The van der Waals surface area contributed by atoms with Gasteiger partial charge in [-0.15, -0.1) is 0 Å². The number of aromatic nitrogens is 2. The number of nitrogen functional groups attached to an aromatic ring is 1. The normalized spacial score (nSPS) is 15.9. The highest BCUT2D eigenvalue weighted by atomic mass is 19.1. The summed E-state index contributed by atoms with van der Waals surface area (Å²) in [5.74, 6) is -2.07.